The van der Waals surface area contributed by atoms with Gasteiger partial charge in [-0.2, -0.15) is 5.10 Å². The van der Waals surface area contributed by atoms with Crippen molar-refractivity contribution in [2.75, 3.05) is 5.73 Å². The predicted molar refractivity (Wildman–Crippen MR) is 79.9 cm³/mol. The fourth-order valence-corrected chi connectivity index (χ4v) is 2.86. The van der Waals surface area contributed by atoms with Gasteiger partial charge in [-0.3, -0.25) is 9.59 Å². The van der Waals surface area contributed by atoms with Crippen molar-refractivity contribution in [3.8, 4) is 0 Å². The Morgan fingerprint density at radius 2 is 2.24 bits per heavy atom. The van der Waals surface area contributed by atoms with Gasteiger partial charge in [-0.05, 0) is 25.8 Å². The quantitative estimate of drug-likeness (QED) is 0.769. The number of carbonyl (C=O) groups is 2. The lowest BCUT2D eigenvalue weighted by atomic mass is 10.2. The first-order valence-electron chi connectivity index (χ1n) is 6.67. The lowest BCUT2D eigenvalue weighted by Crippen LogP contribution is -2.45. The van der Waals surface area contributed by atoms with Crippen LogP contribution in [0.3, 0.4) is 0 Å². The summed E-state index contributed by atoms with van der Waals surface area (Å²) in [7, 11) is 0. The first kappa shape index (κ1) is 13.7. The van der Waals surface area contributed by atoms with Gasteiger partial charge in [0.05, 0.1) is 11.9 Å². The topological polar surface area (TPSA) is 110 Å². The zero-order chi connectivity index (χ0) is 15.0. The van der Waals surface area contributed by atoms with Crippen molar-refractivity contribution in [1.29, 1.82) is 0 Å². The number of fused-ring (bicyclic) bond motifs is 1. The van der Waals surface area contributed by atoms with Gasteiger partial charge in [0.25, 0.3) is 5.91 Å². The van der Waals surface area contributed by atoms with E-state index in [-0.39, 0.29) is 17.9 Å². The Morgan fingerprint density at radius 1 is 1.48 bits per heavy atom. The highest BCUT2D eigenvalue weighted by Gasteiger charge is 2.27. The maximum absolute atomic E-state index is 12.2. The number of carbonyl (C=O) groups excluding carboxylic acids is 2. The number of nitrogens with two attached hydrogens (primary N) is 1. The number of nitrogens with zero attached hydrogens (tertiary/aromatic N) is 2. The summed E-state index contributed by atoms with van der Waals surface area (Å²) in [4.78, 5) is 25.0. The number of nitrogens with one attached hydrogen (secondary N) is 2. The van der Waals surface area contributed by atoms with Crippen molar-refractivity contribution in [2.45, 2.75) is 31.8 Å². The minimum absolute atomic E-state index is 0.176. The Kier molecular flexibility index (Phi) is 3.46. The number of hydrogen-bond acceptors (Lipinski definition) is 6. The third-order valence-electron chi connectivity index (χ3n) is 3.29. The van der Waals surface area contributed by atoms with Crippen molar-refractivity contribution < 1.29 is 9.59 Å². The molecular weight excluding hydrogens is 290 g/mol. The third kappa shape index (κ3) is 2.80. The monoisotopic (exact) mass is 305 g/mol. The largest absolute Gasteiger partial charge is 0.397 e. The van der Waals surface area contributed by atoms with E-state index in [9.17, 15) is 9.59 Å². The number of nitrogen functional groups attached to an aromatic ring is 1. The third-order valence-corrected chi connectivity index (χ3v) is 4.40. The van der Waals surface area contributed by atoms with Crippen LogP contribution in [0.1, 0.15) is 29.4 Å². The molecule has 2 aromatic rings. The van der Waals surface area contributed by atoms with E-state index < -0.39 is 6.04 Å². The molecule has 0 spiro atoms. The highest BCUT2D eigenvalue weighted by molar-refractivity contribution is 7.21. The Labute approximate surface area is 124 Å². The van der Waals surface area contributed by atoms with E-state index in [1.165, 1.54) is 17.5 Å². The number of hydrogen-bond donors (Lipinski definition) is 3. The second kappa shape index (κ2) is 5.28. The molecule has 0 aromatic carbocycles. The molecule has 1 fully saturated rings. The summed E-state index contributed by atoms with van der Waals surface area (Å²) in [5, 5.41) is 13.9. The molecular formula is C13H15N5O2S. The molecule has 0 saturated heterocycles. The SMILES string of the molecule is CC(NC(=O)c1sc2nnccc2c1N)C(=O)NC1CC1. The Hall–Kier alpha value is -2.22. The normalized spacial score (nSPS) is 15.7. The van der Waals surface area contributed by atoms with Gasteiger partial charge in [0.15, 0.2) is 0 Å². The molecule has 110 valence electrons. The Morgan fingerprint density at radius 3 is 2.90 bits per heavy atom. The molecule has 1 aliphatic rings. The summed E-state index contributed by atoms with van der Waals surface area (Å²) in [5.41, 5.74) is 6.34. The number of thiophene rings is 1. The molecule has 1 saturated carbocycles. The van der Waals surface area contributed by atoms with Crippen LogP contribution >= 0.6 is 11.3 Å². The lowest BCUT2D eigenvalue weighted by molar-refractivity contribution is -0.122. The van der Waals surface area contributed by atoms with Gasteiger partial charge in [0.1, 0.15) is 15.7 Å². The van der Waals surface area contributed by atoms with Crippen molar-refractivity contribution in [3.63, 3.8) is 0 Å². The minimum Gasteiger partial charge on any atom is -0.397 e. The summed E-state index contributed by atoms with van der Waals surface area (Å²) < 4.78 is 0. The average molecular weight is 305 g/mol. The van der Waals surface area contributed by atoms with Crippen LogP contribution in [0, 0.1) is 0 Å². The van der Waals surface area contributed by atoms with Crippen LogP contribution in [-0.4, -0.2) is 34.1 Å². The molecule has 2 heterocycles. The van der Waals surface area contributed by atoms with Crippen molar-refractivity contribution >= 4 is 39.1 Å². The van der Waals surface area contributed by atoms with Crippen molar-refractivity contribution in [3.05, 3.63) is 17.1 Å². The van der Waals surface area contributed by atoms with Gasteiger partial charge in [0.2, 0.25) is 5.91 Å². The molecule has 1 atom stereocenters. The van der Waals surface area contributed by atoms with E-state index in [1.54, 1.807) is 13.0 Å². The Balaban J connectivity index is 1.74. The van der Waals surface area contributed by atoms with Gasteiger partial charge in [-0.25, -0.2) is 0 Å². The fraction of sp³-hybridized carbons (Fsp3) is 0.385. The summed E-state index contributed by atoms with van der Waals surface area (Å²) >= 11 is 1.17. The highest BCUT2D eigenvalue weighted by atomic mass is 32.1. The van der Waals surface area contributed by atoms with Crippen LogP contribution < -0.4 is 16.4 Å². The standard InChI is InChI=1S/C13H15N5O2S/c1-6(11(19)17-7-2-3-7)16-12(20)10-9(14)8-4-5-15-18-13(8)21-10/h4-7H,2-3,14H2,1H3,(H,16,20)(H,17,19). The molecule has 0 aliphatic heterocycles. The van der Waals surface area contributed by atoms with Crippen LogP contribution in [0.5, 0.6) is 0 Å². The van der Waals surface area contributed by atoms with Gasteiger partial charge < -0.3 is 16.4 Å². The Bertz CT molecular complexity index is 710. The van der Waals surface area contributed by atoms with E-state index in [1.807, 2.05) is 0 Å². The summed E-state index contributed by atoms with van der Waals surface area (Å²) in [6.45, 7) is 1.65. The second-order valence-electron chi connectivity index (χ2n) is 5.07. The van der Waals surface area contributed by atoms with Crippen LogP contribution in [0.2, 0.25) is 0 Å². The zero-order valence-corrected chi connectivity index (χ0v) is 12.2. The fourth-order valence-electron chi connectivity index (χ4n) is 1.92. The van der Waals surface area contributed by atoms with E-state index >= 15 is 0 Å². The molecule has 2 amide bonds. The molecule has 21 heavy (non-hydrogen) atoms. The number of rotatable bonds is 4. The molecule has 2 aromatic heterocycles. The second-order valence-corrected chi connectivity index (χ2v) is 6.07. The van der Waals surface area contributed by atoms with Crippen molar-refractivity contribution in [2.24, 2.45) is 0 Å². The zero-order valence-electron chi connectivity index (χ0n) is 11.4. The summed E-state index contributed by atoms with van der Waals surface area (Å²) in [5.74, 6) is -0.542. The first-order chi connectivity index (χ1) is 10.1. The highest BCUT2D eigenvalue weighted by Crippen LogP contribution is 2.31. The van der Waals surface area contributed by atoms with E-state index in [2.05, 4.69) is 20.8 Å². The van der Waals surface area contributed by atoms with Crippen LogP contribution in [-0.2, 0) is 4.79 Å². The molecule has 1 unspecified atom stereocenters. The number of anilines is 1. The lowest BCUT2D eigenvalue weighted by Gasteiger charge is -2.13. The first-order valence-corrected chi connectivity index (χ1v) is 7.49. The van der Waals surface area contributed by atoms with E-state index in [0.717, 1.165) is 12.8 Å². The maximum atomic E-state index is 12.2. The molecule has 7 nitrogen and oxygen atoms in total. The van der Waals surface area contributed by atoms with Gasteiger partial charge in [-0.15, -0.1) is 16.4 Å². The summed E-state index contributed by atoms with van der Waals surface area (Å²) in [6, 6.07) is 1.38. The molecule has 0 bridgehead atoms. The molecule has 1 aliphatic carbocycles. The van der Waals surface area contributed by atoms with E-state index in [0.29, 0.717) is 20.8 Å². The van der Waals surface area contributed by atoms with Crippen LogP contribution in [0.25, 0.3) is 10.2 Å². The predicted octanol–water partition coefficient (Wildman–Crippen LogP) is 0.670. The van der Waals surface area contributed by atoms with E-state index in [4.69, 9.17) is 5.73 Å². The van der Waals surface area contributed by atoms with Gasteiger partial charge >= 0.3 is 0 Å². The smallest absolute Gasteiger partial charge is 0.264 e. The van der Waals surface area contributed by atoms with Gasteiger partial charge in [0, 0.05) is 11.4 Å². The minimum atomic E-state index is -0.603. The molecule has 3 rings (SSSR count). The molecule has 0 radical (unpaired) electrons. The number of aromatic nitrogens is 2. The van der Waals surface area contributed by atoms with Crippen LogP contribution in [0.15, 0.2) is 12.3 Å². The number of amides is 2. The van der Waals surface area contributed by atoms with Gasteiger partial charge in [-0.1, -0.05) is 0 Å². The molecule has 4 N–H and O–H groups in total. The summed E-state index contributed by atoms with van der Waals surface area (Å²) in [6.07, 6.45) is 3.54. The average Bonchev–Trinajstić information content (AvgIpc) is 3.21. The van der Waals surface area contributed by atoms with Crippen LogP contribution in [0.4, 0.5) is 5.69 Å². The van der Waals surface area contributed by atoms with Crippen molar-refractivity contribution in [1.82, 2.24) is 20.8 Å². The maximum Gasteiger partial charge on any atom is 0.264 e. The molecule has 8 heteroatoms.